The molecule has 3 heterocycles. The molecule has 2 aliphatic heterocycles. The number of nitrogens with one attached hydrogen (secondary N) is 2. The van der Waals surface area contributed by atoms with Crippen molar-refractivity contribution in [3.63, 3.8) is 0 Å². The number of piperazine rings is 1. The number of hydrogen-bond acceptors (Lipinski definition) is 8. The Morgan fingerprint density at radius 1 is 1.02 bits per heavy atom. The molecule has 3 aromatic carbocycles. The molecule has 0 spiro atoms. The molecule has 1 unspecified atom stereocenters. The summed E-state index contributed by atoms with van der Waals surface area (Å²) >= 11 is 0. The van der Waals surface area contributed by atoms with Crippen molar-refractivity contribution < 1.29 is 31.1 Å². The minimum atomic E-state index is -0.863. The van der Waals surface area contributed by atoms with Gasteiger partial charge in [-0.15, -0.1) is 0 Å². The molecule has 0 bridgehead atoms. The number of methoxy groups -OCH3 is 2. The molecule has 2 saturated heterocycles. The second kappa shape index (κ2) is 13.6. The smallest absolute Gasteiger partial charge is 0.327 e. The van der Waals surface area contributed by atoms with Gasteiger partial charge in [0.15, 0.2) is 5.82 Å². The highest BCUT2D eigenvalue weighted by Crippen LogP contribution is 2.37. The van der Waals surface area contributed by atoms with Gasteiger partial charge in [-0.1, -0.05) is 12.1 Å². The van der Waals surface area contributed by atoms with Gasteiger partial charge in [0.05, 0.1) is 49.9 Å². The average Bonchev–Trinajstić information content (AvgIpc) is 3.55. The van der Waals surface area contributed by atoms with Gasteiger partial charge in [-0.25, -0.2) is 18.8 Å². The molecule has 2 fully saturated rings. The molecule has 4 amide bonds. The lowest BCUT2D eigenvalue weighted by Crippen LogP contribution is -2.58. The summed E-state index contributed by atoms with van der Waals surface area (Å²) in [5.41, 5.74) is 0.848. The molecule has 1 aromatic heterocycles. The number of amides is 4. The maximum Gasteiger partial charge on any atom is 0.327 e. The quantitative estimate of drug-likeness (QED) is 0.290. The van der Waals surface area contributed by atoms with Crippen LogP contribution in [-0.4, -0.2) is 78.8 Å². The van der Waals surface area contributed by atoms with E-state index in [0.29, 0.717) is 72.8 Å². The zero-order valence-electron chi connectivity index (χ0n) is 26.8. The number of carbonyl (C=O) groups is 3. The molecular formula is C34H40FN7O6. The van der Waals surface area contributed by atoms with Crippen LogP contribution in [0.15, 0.2) is 71.5 Å². The Bertz CT molecular complexity index is 1920. The first-order valence-electron chi connectivity index (χ1n) is 15.6. The first kappa shape index (κ1) is 32.3. The van der Waals surface area contributed by atoms with Gasteiger partial charge in [0.2, 0.25) is 11.8 Å². The molecule has 2 aliphatic rings. The summed E-state index contributed by atoms with van der Waals surface area (Å²) in [6.45, 7) is 3.00. The highest BCUT2D eigenvalue weighted by atomic mass is 19.1. The fourth-order valence-corrected chi connectivity index (χ4v) is 6.13. The summed E-state index contributed by atoms with van der Waals surface area (Å²) < 4.78 is 26.2. The predicted molar refractivity (Wildman–Crippen MR) is 182 cm³/mol. The summed E-state index contributed by atoms with van der Waals surface area (Å²) in [4.78, 5) is 61.3. The van der Waals surface area contributed by atoms with E-state index in [9.17, 15) is 23.6 Å². The third kappa shape index (κ3) is 6.33. The van der Waals surface area contributed by atoms with Crippen LogP contribution in [0.25, 0.3) is 10.9 Å². The lowest BCUT2D eigenvalue weighted by Gasteiger charge is -2.39. The molecule has 0 saturated carbocycles. The number of aromatic nitrogens is 2. The zero-order chi connectivity index (χ0) is 33.9. The number of para-hydroxylation sites is 1. The standard InChI is InChI=1S/C34H36FN7O6.2H2/c1-21(41(28-14-12-24(47-2)20-29(28)48-3)34(46)36-23-10-8-22(35)9-11-23)31-38-26-7-5-4-6-25(26)32(44)42(31)40-18-16-39(17-19-40)33(45)27-13-15-30(43)37-27;;/h4-12,14,20-21,27H,13,15-19H2,1-3H3,(H,36,46)(H,37,43);2*1H/t21?,27-;;/m0../s1. The van der Waals surface area contributed by atoms with Crippen molar-refractivity contribution in [3.8, 4) is 11.5 Å². The van der Waals surface area contributed by atoms with Crippen LogP contribution in [0.1, 0.15) is 34.5 Å². The van der Waals surface area contributed by atoms with Crippen molar-refractivity contribution >= 4 is 40.1 Å². The first-order chi connectivity index (χ1) is 23.2. The number of anilines is 2. The van der Waals surface area contributed by atoms with Crippen LogP contribution in [0.5, 0.6) is 11.5 Å². The Morgan fingerprint density at radius 3 is 2.42 bits per heavy atom. The average molecular weight is 662 g/mol. The molecule has 13 nitrogen and oxygen atoms in total. The second-order valence-corrected chi connectivity index (χ2v) is 11.6. The van der Waals surface area contributed by atoms with Crippen molar-refractivity contribution in [3.05, 3.63) is 88.7 Å². The van der Waals surface area contributed by atoms with Crippen molar-refractivity contribution in [2.24, 2.45) is 0 Å². The van der Waals surface area contributed by atoms with E-state index in [1.165, 1.54) is 48.1 Å². The van der Waals surface area contributed by atoms with E-state index in [1.54, 1.807) is 54.3 Å². The number of nitrogens with zero attached hydrogens (tertiary/aromatic N) is 5. The Kier molecular flexibility index (Phi) is 9.15. The van der Waals surface area contributed by atoms with E-state index >= 15 is 0 Å². The molecule has 6 rings (SSSR count). The molecule has 254 valence electrons. The van der Waals surface area contributed by atoms with Crippen molar-refractivity contribution in [1.82, 2.24) is 19.9 Å². The van der Waals surface area contributed by atoms with Gasteiger partial charge in [-0.2, -0.15) is 0 Å². The molecule has 4 aromatic rings. The van der Waals surface area contributed by atoms with Gasteiger partial charge >= 0.3 is 6.03 Å². The molecule has 14 heteroatoms. The maximum atomic E-state index is 14.2. The Morgan fingerprint density at radius 2 is 1.75 bits per heavy atom. The number of urea groups is 1. The molecule has 0 aliphatic carbocycles. The van der Waals surface area contributed by atoms with Crippen LogP contribution < -0.4 is 35.6 Å². The highest BCUT2D eigenvalue weighted by molar-refractivity contribution is 6.03. The Hall–Kier alpha value is -5.66. The number of hydrogen-bond donors (Lipinski definition) is 2. The minimum absolute atomic E-state index is 0. The van der Waals surface area contributed by atoms with Crippen molar-refractivity contribution in [1.29, 1.82) is 0 Å². The molecular weight excluding hydrogens is 621 g/mol. The minimum Gasteiger partial charge on any atom is -0.497 e. The normalized spacial score (nSPS) is 16.8. The number of ether oxygens (including phenoxy) is 2. The fraction of sp³-hybridized carbons (Fsp3) is 0.324. The summed E-state index contributed by atoms with van der Waals surface area (Å²) in [5.74, 6) is 0.376. The zero-order valence-corrected chi connectivity index (χ0v) is 26.8. The van der Waals surface area contributed by atoms with Gasteiger partial charge in [0, 0.05) is 34.1 Å². The summed E-state index contributed by atoms with van der Waals surface area (Å²) in [6, 6.07) is 15.4. The third-order valence-corrected chi connectivity index (χ3v) is 8.64. The van der Waals surface area contributed by atoms with Gasteiger partial charge in [0.25, 0.3) is 5.56 Å². The number of fused-ring (bicyclic) bond motifs is 1. The van der Waals surface area contributed by atoms with Gasteiger partial charge < -0.3 is 30.0 Å². The van der Waals surface area contributed by atoms with E-state index < -0.39 is 23.9 Å². The topological polar surface area (TPSA) is 138 Å². The van der Waals surface area contributed by atoms with Crippen LogP contribution in [0.4, 0.5) is 20.6 Å². The van der Waals surface area contributed by atoms with Crippen LogP contribution in [0.3, 0.4) is 0 Å². The largest absolute Gasteiger partial charge is 0.497 e. The lowest BCUT2D eigenvalue weighted by atomic mass is 10.1. The van der Waals surface area contributed by atoms with Crippen LogP contribution >= 0.6 is 0 Å². The molecule has 2 atom stereocenters. The van der Waals surface area contributed by atoms with Crippen LogP contribution in [-0.2, 0) is 9.59 Å². The van der Waals surface area contributed by atoms with E-state index in [4.69, 9.17) is 14.5 Å². The second-order valence-electron chi connectivity index (χ2n) is 11.6. The number of halogens is 1. The summed E-state index contributed by atoms with van der Waals surface area (Å²) in [6.07, 6.45) is 0.776. The van der Waals surface area contributed by atoms with E-state index in [1.807, 2.05) is 5.01 Å². The Labute approximate surface area is 278 Å². The summed E-state index contributed by atoms with van der Waals surface area (Å²) in [5, 5.41) is 7.78. The van der Waals surface area contributed by atoms with Crippen molar-refractivity contribution in [2.45, 2.75) is 31.8 Å². The monoisotopic (exact) mass is 661 g/mol. The van der Waals surface area contributed by atoms with Crippen molar-refractivity contribution in [2.75, 3.05) is 55.6 Å². The molecule has 0 radical (unpaired) electrons. The van der Waals surface area contributed by atoms with Gasteiger partial charge in [0.1, 0.15) is 23.4 Å². The first-order valence-corrected chi connectivity index (χ1v) is 15.6. The SMILES string of the molecule is COc1ccc(N(C(=O)Nc2ccc(F)cc2)C(C)c2nc3ccccc3c(=O)n2N2CCN(C(=O)[C@@H]3CCC(=O)N3)CC2)c(OC)c1.[HH].[HH]. The maximum absolute atomic E-state index is 14.2. The highest BCUT2D eigenvalue weighted by Gasteiger charge is 2.35. The van der Waals surface area contributed by atoms with E-state index in [-0.39, 0.29) is 26.1 Å². The van der Waals surface area contributed by atoms with Gasteiger partial charge in [-0.05, 0) is 61.9 Å². The van der Waals surface area contributed by atoms with Crippen LogP contribution in [0, 0.1) is 5.82 Å². The molecule has 48 heavy (non-hydrogen) atoms. The number of carbonyl (C=O) groups excluding carboxylic acids is 3. The number of rotatable bonds is 8. The van der Waals surface area contributed by atoms with E-state index in [2.05, 4.69) is 10.6 Å². The van der Waals surface area contributed by atoms with Crippen LogP contribution in [0.2, 0.25) is 0 Å². The summed E-state index contributed by atoms with van der Waals surface area (Å²) in [7, 11) is 2.99. The lowest BCUT2D eigenvalue weighted by molar-refractivity contribution is -0.134. The van der Waals surface area contributed by atoms with Gasteiger partial charge in [-0.3, -0.25) is 19.3 Å². The fourth-order valence-electron chi connectivity index (χ4n) is 6.13. The predicted octanol–water partition coefficient (Wildman–Crippen LogP) is 3.90. The molecule has 2 N–H and O–H groups in total. The van der Waals surface area contributed by atoms with E-state index in [0.717, 1.165) is 0 Å². The third-order valence-electron chi connectivity index (χ3n) is 8.64. The number of benzene rings is 3. The Balaban J connectivity index is 0.00000281.